The zero-order chi connectivity index (χ0) is 27.0. The van der Waals surface area contributed by atoms with Crippen molar-refractivity contribution in [3.8, 4) is 0 Å². The predicted octanol–water partition coefficient (Wildman–Crippen LogP) is -8.28. The maximum absolute atomic E-state index is 12.2. The van der Waals surface area contributed by atoms with E-state index < -0.39 is 47.9 Å². The van der Waals surface area contributed by atoms with E-state index in [9.17, 15) is 40.9 Å². The molecule has 1 N–H and O–H groups in total. The van der Waals surface area contributed by atoms with E-state index in [1.165, 1.54) is 0 Å². The van der Waals surface area contributed by atoms with E-state index >= 15 is 0 Å². The van der Waals surface area contributed by atoms with Crippen LogP contribution in [0.5, 0.6) is 0 Å². The Hall–Kier alpha value is -1.15. The van der Waals surface area contributed by atoms with Crippen molar-refractivity contribution < 1.29 is 130 Å². The molecule has 192 valence electrons. The first-order valence-corrected chi connectivity index (χ1v) is 13.0. The van der Waals surface area contributed by atoms with Gasteiger partial charge in [-0.3, -0.25) is 0 Å². The number of hydrogen-bond acceptors (Lipinski definition) is 12. The van der Waals surface area contributed by atoms with Crippen molar-refractivity contribution in [2.24, 2.45) is 10.3 Å². The van der Waals surface area contributed by atoms with Crippen molar-refractivity contribution in [2.75, 3.05) is 5.01 Å². The van der Waals surface area contributed by atoms with E-state index in [1.54, 1.807) is 30.3 Å². The first-order valence-electron chi connectivity index (χ1n) is 10.2. The summed E-state index contributed by atoms with van der Waals surface area (Å²) in [7, 11) is -9.58. The van der Waals surface area contributed by atoms with Crippen LogP contribution in [0.25, 0.3) is 5.57 Å². The average molecular weight is 612 g/mol. The molecule has 4 rings (SSSR count). The number of carboxylic acids is 1. The SMILES string of the molecule is O=C([O-])C1=C(c2ccc(S(=O)(=O)[O-])cc2)C(O)N(c2ccc(S(=O)(=O)[O-])cc2)N1N=Nc1ccccc1.[Na+].[Na+].[Na+]. The van der Waals surface area contributed by atoms with Crippen LogP contribution >= 0.6 is 0 Å². The van der Waals surface area contributed by atoms with Gasteiger partial charge >= 0.3 is 88.7 Å². The Morgan fingerprint density at radius 1 is 0.775 bits per heavy atom. The molecule has 0 amide bonds. The van der Waals surface area contributed by atoms with E-state index in [4.69, 9.17) is 0 Å². The number of carboxylic acid groups (broad SMARTS) is 1. The summed E-state index contributed by atoms with van der Waals surface area (Å²) in [6.07, 6.45) is -1.79. The molecule has 40 heavy (non-hydrogen) atoms. The zero-order valence-electron chi connectivity index (χ0n) is 21.4. The van der Waals surface area contributed by atoms with Gasteiger partial charge in [-0.1, -0.05) is 30.3 Å². The molecule has 0 spiro atoms. The monoisotopic (exact) mass is 612 g/mol. The number of hydrogen-bond donors (Lipinski definition) is 1. The number of carbonyl (C=O) groups is 1. The van der Waals surface area contributed by atoms with Gasteiger partial charge in [-0.15, -0.1) is 10.2 Å². The standard InChI is InChI=1S/C22H18N4O9S2.3Na/c27-21-19(14-6-10-17(11-7-14)36(30,31)32)20(22(28)29)26(24-23-15-4-2-1-3-5-15)25(21)16-8-12-18(13-9-16)37(33,34)35;;;/h1-13,21,27H,(H,28,29)(H,30,31,32)(H,33,34,35);;;/q;3*+1/p-3. The number of aliphatic hydroxyl groups excluding tert-OH is 1. The quantitative estimate of drug-likeness (QED) is 0.151. The minimum atomic E-state index is -4.79. The Labute approximate surface area is 295 Å². The van der Waals surface area contributed by atoms with Crippen LogP contribution in [0.2, 0.25) is 0 Å². The van der Waals surface area contributed by atoms with Crippen molar-refractivity contribution in [2.45, 2.75) is 16.0 Å². The molecule has 0 aliphatic carbocycles. The molecule has 3 aromatic carbocycles. The third-order valence-electron chi connectivity index (χ3n) is 5.19. The molecule has 0 fully saturated rings. The summed E-state index contributed by atoms with van der Waals surface area (Å²) in [5, 5.41) is 32.9. The molecule has 0 saturated carbocycles. The van der Waals surface area contributed by atoms with E-state index in [0.717, 1.165) is 53.5 Å². The van der Waals surface area contributed by atoms with Crippen LogP contribution in [0.1, 0.15) is 5.56 Å². The molecule has 1 heterocycles. The number of aliphatic carboxylic acids is 1. The maximum Gasteiger partial charge on any atom is 1.00 e. The minimum Gasteiger partial charge on any atom is -0.744 e. The number of rotatable bonds is 7. The van der Waals surface area contributed by atoms with Crippen molar-refractivity contribution >= 4 is 43.2 Å². The van der Waals surface area contributed by atoms with Crippen molar-refractivity contribution in [3.05, 3.63) is 90.1 Å². The Morgan fingerprint density at radius 2 is 1.25 bits per heavy atom. The average Bonchev–Trinajstić information content (AvgIpc) is 3.14. The van der Waals surface area contributed by atoms with Gasteiger partial charge in [-0.2, -0.15) is 0 Å². The second-order valence-corrected chi connectivity index (χ2v) is 10.3. The maximum atomic E-state index is 12.2. The summed E-state index contributed by atoms with van der Waals surface area (Å²) >= 11 is 0. The number of anilines is 1. The number of carbonyl (C=O) groups excluding carboxylic acids is 1. The van der Waals surface area contributed by atoms with Gasteiger partial charge in [0, 0.05) is 5.57 Å². The molecule has 0 radical (unpaired) electrons. The molecule has 0 aromatic heterocycles. The molecule has 1 aliphatic rings. The van der Waals surface area contributed by atoms with Crippen LogP contribution in [0.3, 0.4) is 0 Å². The number of nitrogens with zero attached hydrogens (tertiary/aromatic N) is 4. The van der Waals surface area contributed by atoms with Crippen LogP contribution in [0, 0.1) is 0 Å². The van der Waals surface area contributed by atoms with Gasteiger partial charge in [0.1, 0.15) is 25.9 Å². The predicted molar refractivity (Wildman–Crippen MR) is 122 cm³/mol. The largest absolute Gasteiger partial charge is 1.00 e. The minimum absolute atomic E-state index is 0. The summed E-state index contributed by atoms with van der Waals surface area (Å²) in [6.45, 7) is 0. The molecule has 18 heteroatoms. The Kier molecular flexibility index (Phi) is 13.7. The van der Waals surface area contributed by atoms with Crippen LogP contribution in [0.15, 0.2) is 105 Å². The third-order valence-corrected chi connectivity index (χ3v) is 6.89. The van der Waals surface area contributed by atoms with E-state index in [1.807, 2.05) is 0 Å². The second-order valence-electron chi connectivity index (χ2n) is 7.51. The van der Waals surface area contributed by atoms with E-state index in [2.05, 4.69) is 10.3 Å². The van der Waals surface area contributed by atoms with Crippen LogP contribution in [-0.2, 0) is 25.0 Å². The molecular formula is C22H15N4Na3O9S2. The summed E-state index contributed by atoms with van der Waals surface area (Å²) in [4.78, 5) is 11.1. The van der Waals surface area contributed by atoms with Crippen molar-refractivity contribution in [1.82, 2.24) is 5.12 Å². The summed E-state index contributed by atoms with van der Waals surface area (Å²) < 4.78 is 67.8. The first kappa shape index (κ1) is 36.9. The van der Waals surface area contributed by atoms with Crippen LogP contribution in [-0.4, -0.2) is 48.4 Å². The van der Waals surface area contributed by atoms with Gasteiger partial charge < -0.3 is 24.1 Å². The van der Waals surface area contributed by atoms with Crippen molar-refractivity contribution in [1.29, 1.82) is 0 Å². The Bertz CT molecular complexity index is 1620. The Morgan fingerprint density at radius 3 is 1.70 bits per heavy atom. The number of benzene rings is 3. The van der Waals surface area contributed by atoms with Gasteiger partial charge in [0.15, 0.2) is 6.23 Å². The molecule has 1 atom stereocenters. The van der Waals surface area contributed by atoms with Gasteiger partial charge in [0.2, 0.25) is 0 Å². The zero-order valence-corrected chi connectivity index (χ0v) is 29.0. The molecule has 0 bridgehead atoms. The Balaban J connectivity index is 0.00000267. The van der Waals surface area contributed by atoms with Crippen LogP contribution in [0.4, 0.5) is 11.4 Å². The molecule has 1 unspecified atom stereocenters. The normalized spacial score (nSPS) is 15.3. The summed E-state index contributed by atoms with van der Waals surface area (Å²) in [6, 6.07) is 16.5. The van der Waals surface area contributed by atoms with E-state index in [0.29, 0.717) is 10.8 Å². The molecule has 3 aromatic rings. The smallest absolute Gasteiger partial charge is 0.744 e. The van der Waals surface area contributed by atoms with Gasteiger partial charge in [0.05, 0.1) is 27.1 Å². The summed E-state index contributed by atoms with van der Waals surface area (Å²) in [5.41, 5.74) is -0.617. The molecule has 1 aliphatic heterocycles. The third kappa shape index (κ3) is 8.23. The first-order chi connectivity index (χ1) is 17.4. The summed E-state index contributed by atoms with van der Waals surface area (Å²) in [5.74, 6) is -1.79. The van der Waals surface area contributed by atoms with Gasteiger partial charge in [-0.05, 0) is 59.3 Å². The van der Waals surface area contributed by atoms with Crippen LogP contribution < -0.4 is 98.8 Å². The second kappa shape index (κ2) is 14.8. The molecule has 13 nitrogen and oxygen atoms in total. The fraction of sp³-hybridized carbons (Fsp3) is 0.0455. The number of aliphatic hydroxyl groups is 1. The fourth-order valence-electron chi connectivity index (χ4n) is 3.53. The van der Waals surface area contributed by atoms with Crippen molar-refractivity contribution in [3.63, 3.8) is 0 Å². The molecular weight excluding hydrogens is 597 g/mol. The fourth-order valence-corrected chi connectivity index (χ4v) is 4.47. The van der Waals surface area contributed by atoms with E-state index in [-0.39, 0.29) is 105 Å². The topological polar surface area (TPSA) is 206 Å². The molecule has 0 saturated heterocycles. The number of hydrazine groups is 1. The van der Waals surface area contributed by atoms with Gasteiger partial charge in [-0.25, -0.2) is 21.8 Å². The van der Waals surface area contributed by atoms with Gasteiger partial charge in [0.25, 0.3) is 0 Å².